The minimum atomic E-state index is 0.996. The molecule has 1 aromatic rings. The van der Waals surface area contributed by atoms with Gasteiger partial charge in [-0.1, -0.05) is 48.6 Å². The third-order valence-electron chi connectivity index (χ3n) is 1.24. The highest BCUT2D eigenvalue weighted by molar-refractivity contribution is 7.38. The molecule has 0 aliphatic heterocycles. The summed E-state index contributed by atoms with van der Waals surface area (Å²) in [5.74, 6) is 0. The van der Waals surface area contributed by atoms with Gasteiger partial charge in [-0.05, 0) is 12.3 Å². The fraction of sp³-hybridized carbons (Fsp3) is 0.167. The zero-order valence-corrected chi connectivity index (χ0v) is 8.95. The highest BCUT2D eigenvalue weighted by Crippen LogP contribution is 2.07. The first-order valence-electron chi connectivity index (χ1n) is 4.34. The quantitative estimate of drug-likeness (QED) is 0.387. The Kier molecular flexibility index (Phi) is 10.4. The Balaban J connectivity index is 0.000000223. The van der Waals surface area contributed by atoms with Gasteiger partial charge in [-0.25, -0.2) is 0 Å². The van der Waals surface area contributed by atoms with E-state index in [4.69, 9.17) is 0 Å². The smallest absolute Gasteiger partial charge is 0.0172 e. The average molecular weight is 192 g/mol. The van der Waals surface area contributed by atoms with Gasteiger partial charge in [-0.15, -0.1) is 21.7 Å². The lowest BCUT2D eigenvalue weighted by Gasteiger charge is -1.85. The van der Waals surface area contributed by atoms with Crippen molar-refractivity contribution in [3.8, 4) is 0 Å². The Morgan fingerprint density at radius 1 is 0.769 bits per heavy atom. The van der Waals surface area contributed by atoms with Crippen LogP contribution in [0.2, 0.25) is 0 Å². The molecule has 13 heavy (non-hydrogen) atoms. The van der Waals surface area contributed by atoms with Gasteiger partial charge < -0.3 is 0 Å². The second kappa shape index (κ2) is 11.1. The monoisotopic (exact) mass is 192 g/mol. The molecule has 0 aliphatic rings. The second-order valence-electron chi connectivity index (χ2n) is 2.39. The Bertz CT molecular complexity index is 169. The molecule has 0 N–H and O–H groups in total. The van der Waals surface area contributed by atoms with E-state index in [1.165, 1.54) is 0 Å². The van der Waals surface area contributed by atoms with Crippen LogP contribution in [0, 0.1) is 0 Å². The summed E-state index contributed by atoms with van der Waals surface area (Å²) in [7, 11) is 0.996. The van der Waals surface area contributed by atoms with Gasteiger partial charge in [-0.3, -0.25) is 0 Å². The van der Waals surface area contributed by atoms with Crippen LogP contribution in [0.1, 0.15) is 0 Å². The molecule has 0 aliphatic carbocycles. The molecule has 0 amide bonds. The summed E-state index contributed by atoms with van der Waals surface area (Å²) in [4.78, 5) is 0. The molecule has 0 unspecified atom stereocenters. The molecule has 70 valence electrons. The summed E-state index contributed by atoms with van der Waals surface area (Å²) in [5, 5.41) is 0. The maximum atomic E-state index is 3.61. The molecule has 0 bridgehead atoms. The van der Waals surface area contributed by atoms with Gasteiger partial charge >= 0.3 is 0 Å². The van der Waals surface area contributed by atoms with E-state index in [1.807, 2.05) is 48.6 Å². The third-order valence-corrected chi connectivity index (χ3v) is 2.40. The van der Waals surface area contributed by atoms with E-state index in [1.54, 1.807) is 0 Å². The van der Waals surface area contributed by atoms with Crippen molar-refractivity contribution in [1.82, 2.24) is 0 Å². The molecule has 0 saturated carbocycles. The predicted octanol–water partition coefficient (Wildman–Crippen LogP) is 3.72. The number of benzene rings is 1. The Morgan fingerprint density at radius 2 is 1.08 bits per heavy atom. The number of hydrogen-bond acceptors (Lipinski definition) is 0. The van der Waals surface area contributed by atoms with Crippen molar-refractivity contribution < 1.29 is 0 Å². The summed E-state index contributed by atoms with van der Waals surface area (Å²) in [6.45, 7) is 7.21. The maximum Gasteiger partial charge on any atom is -0.0172 e. The van der Waals surface area contributed by atoms with E-state index in [-0.39, 0.29) is 0 Å². The predicted molar refractivity (Wildman–Crippen MR) is 64.9 cm³/mol. The highest BCUT2D eigenvalue weighted by Gasteiger charge is 1.73. The number of allylic oxidation sites excluding steroid dienone is 2. The molecular weight excluding hydrogens is 175 g/mol. The molecule has 0 heterocycles. The van der Waals surface area contributed by atoms with Crippen LogP contribution in [0.25, 0.3) is 0 Å². The minimum absolute atomic E-state index is 0.996. The van der Waals surface area contributed by atoms with E-state index < -0.39 is 0 Å². The van der Waals surface area contributed by atoms with Crippen molar-refractivity contribution in [2.75, 3.05) is 12.3 Å². The van der Waals surface area contributed by atoms with Crippen LogP contribution in [0.5, 0.6) is 0 Å². The molecule has 0 atom stereocenters. The Morgan fingerprint density at radius 3 is 1.31 bits per heavy atom. The largest absolute Gasteiger partial charge is 0.114 e. The molecule has 0 spiro atoms. The van der Waals surface area contributed by atoms with Gasteiger partial charge in [-0.2, -0.15) is 0 Å². The summed E-state index contributed by atoms with van der Waals surface area (Å²) in [6.07, 6.45) is 6.18. The first kappa shape index (κ1) is 12.1. The van der Waals surface area contributed by atoms with Crippen LogP contribution in [-0.2, 0) is 0 Å². The minimum Gasteiger partial charge on any atom is -0.114 e. The third kappa shape index (κ3) is 11.1. The summed E-state index contributed by atoms with van der Waals surface area (Å²) in [5.41, 5.74) is 0. The molecular formula is C12H17P. The molecule has 1 rings (SSSR count). The normalized spacial score (nSPS) is 8.00. The second-order valence-corrected chi connectivity index (χ2v) is 3.71. The Labute approximate surface area is 83.2 Å². The lowest BCUT2D eigenvalue weighted by Crippen LogP contribution is -1.65. The van der Waals surface area contributed by atoms with E-state index in [2.05, 4.69) is 13.2 Å². The Hall–Kier alpha value is -0.870. The van der Waals surface area contributed by atoms with Crippen molar-refractivity contribution in [1.29, 1.82) is 0 Å². The lowest BCUT2D eigenvalue weighted by molar-refractivity contribution is 1.71. The van der Waals surface area contributed by atoms with E-state index in [0.717, 1.165) is 20.9 Å². The highest BCUT2D eigenvalue weighted by atomic mass is 31.1. The van der Waals surface area contributed by atoms with Crippen molar-refractivity contribution in [2.24, 2.45) is 0 Å². The molecule has 0 fully saturated rings. The zero-order valence-electron chi connectivity index (χ0n) is 7.95. The van der Waals surface area contributed by atoms with Crippen LogP contribution >= 0.6 is 8.58 Å². The molecule has 0 radical (unpaired) electrons. The van der Waals surface area contributed by atoms with Gasteiger partial charge in [0, 0.05) is 0 Å². The summed E-state index contributed by atoms with van der Waals surface area (Å²) < 4.78 is 0. The van der Waals surface area contributed by atoms with Gasteiger partial charge in [0.1, 0.15) is 0 Å². The SMILES string of the molecule is C=CCPCC=C.c1ccccc1. The van der Waals surface area contributed by atoms with Crippen LogP contribution in [0.15, 0.2) is 61.7 Å². The van der Waals surface area contributed by atoms with Crippen LogP contribution in [0.4, 0.5) is 0 Å². The fourth-order valence-corrected chi connectivity index (χ4v) is 1.25. The van der Waals surface area contributed by atoms with Gasteiger partial charge in [0.15, 0.2) is 0 Å². The molecule has 0 aromatic heterocycles. The number of rotatable bonds is 4. The van der Waals surface area contributed by atoms with Crippen molar-refractivity contribution in [3.63, 3.8) is 0 Å². The fourth-order valence-electron chi connectivity index (χ4n) is 0.672. The molecule has 1 heteroatoms. The van der Waals surface area contributed by atoms with E-state index in [9.17, 15) is 0 Å². The average Bonchev–Trinajstić information content (AvgIpc) is 2.22. The molecule has 0 saturated heterocycles. The summed E-state index contributed by atoms with van der Waals surface area (Å²) >= 11 is 0. The first-order valence-corrected chi connectivity index (χ1v) is 5.75. The van der Waals surface area contributed by atoms with Crippen molar-refractivity contribution in [3.05, 3.63) is 61.7 Å². The van der Waals surface area contributed by atoms with Gasteiger partial charge in [0.05, 0.1) is 0 Å². The topological polar surface area (TPSA) is 0 Å². The maximum absolute atomic E-state index is 3.61. The number of hydrogen-bond donors (Lipinski definition) is 0. The van der Waals surface area contributed by atoms with Gasteiger partial charge in [0.25, 0.3) is 0 Å². The van der Waals surface area contributed by atoms with E-state index in [0.29, 0.717) is 0 Å². The molecule has 0 nitrogen and oxygen atoms in total. The first-order chi connectivity index (χ1) is 6.41. The van der Waals surface area contributed by atoms with Gasteiger partial charge in [0.2, 0.25) is 0 Å². The van der Waals surface area contributed by atoms with Crippen LogP contribution in [0.3, 0.4) is 0 Å². The zero-order chi connectivity index (χ0) is 9.78. The summed E-state index contributed by atoms with van der Waals surface area (Å²) in [6, 6.07) is 12.0. The van der Waals surface area contributed by atoms with E-state index >= 15 is 0 Å². The van der Waals surface area contributed by atoms with Crippen molar-refractivity contribution in [2.45, 2.75) is 0 Å². The lowest BCUT2D eigenvalue weighted by atomic mass is 10.4. The molecule has 1 aromatic carbocycles. The van der Waals surface area contributed by atoms with Crippen LogP contribution < -0.4 is 0 Å². The standard InChI is InChI=1S/C6H11P.C6H6/c1-3-5-7-6-4-2;1-2-4-6-5-3-1/h3-4,7H,1-2,5-6H2;1-6H. The van der Waals surface area contributed by atoms with Crippen molar-refractivity contribution >= 4 is 8.58 Å². The van der Waals surface area contributed by atoms with Crippen LogP contribution in [-0.4, -0.2) is 12.3 Å².